The fraction of sp³-hybridized carbons (Fsp3) is 0.100. The topological polar surface area (TPSA) is 20.1 Å². The van der Waals surface area contributed by atoms with Gasteiger partial charge in [-0.3, -0.25) is 0 Å². The van der Waals surface area contributed by atoms with Crippen LogP contribution in [0.3, 0.4) is 0 Å². The van der Waals surface area contributed by atoms with E-state index in [2.05, 4.69) is 9.83 Å². The number of fused-ring (bicyclic) bond motifs is 1. The molecule has 0 spiro atoms. The Labute approximate surface area is 70.7 Å². The van der Waals surface area contributed by atoms with E-state index in [1.807, 2.05) is 31.3 Å². The van der Waals surface area contributed by atoms with Gasteiger partial charge in [-0.2, -0.15) is 0 Å². The highest BCUT2D eigenvalue weighted by molar-refractivity contribution is 5.84. The number of aromatic nitrogens is 1. The van der Waals surface area contributed by atoms with Gasteiger partial charge in [-0.1, -0.05) is 0 Å². The van der Waals surface area contributed by atoms with Gasteiger partial charge in [-0.05, 0) is 36.1 Å². The molecule has 0 saturated carbocycles. The lowest BCUT2D eigenvalue weighted by Gasteiger charge is -1.96. The van der Waals surface area contributed by atoms with Crippen LogP contribution in [0.2, 0.25) is 0 Å². The summed E-state index contributed by atoms with van der Waals surface area (Å²) in [5.74, 6) is 0. The highest BCUT2D eigenvalue weighted by Crippen LogP contribution is 2.24. The summed E-state index contributed by atoms with van der Waals surface area (Å²) in [5, 5.41) is 1.10. The van der Waals surface area contributed by atoms with Crippen molar-refractivity contribution >= 4 is 16.6 Å². The molecule has 0 unspecified atom stereocenters. The second-order valence-electron chi connectivity index (χ2n) is 2.82. The molecule has 2 nitrogen and oxygen atoms in total. The van der Waals surface area contributed by atoms with E-state index >= 15 is 0 Å². The van der Waals surface area contributed by atoms with Crippen LogP contribution in [0.5, 0.6) is 0 Å². The van der Waals surface area contributed by atoms with Crippen LogP contribution in [0.15, 0.2) is 24.4 Å². The van der Waals surface area contributed by atoms with Crippen molar-refractivity contribution in [3.63, 3.8) is 0 Å². The molecular weight excluding hydrogens is 148 g/mol. The van der Waals surface area contributed by atoms with Crippen molar-refractivity contribution in [3.05, 3.63) is 41.4 Å². The molecule has 1 aromatic carbocycles. The Kier molecular flexibility index (Phi) is 1.38. The minimum atomic E-state index is 0.738. The molecule has 2 heteroatoms. The van der Waals surface area contributed by atoms with Gasteiger partial charge in [0, 0.05) is 11.7 Å². The summed E-state index contributed by atoms with van der Waals surface area (Å²) in [6.45, 7) is 8.88. The van der Waals surface area contributed by atoms with Gasteiger partial charge in [0.1, 0.15) is 0 Å². The third-order valence-electron chi connectivity index (χ3n) is 1.99. The Morgan fingerprint density at radius 2 is 2.25 bits per heavy atom. The Morgan fingerprint density at radius 1 is 1.42 bits per heavy atom. The Morgan fingerprint density at radius 3 is 3.00 bits per heavy atom. The lowest BCUT2D eigenvalue weighted by molar-refractivity contribution is 1.45. The monoisotopic (exact) mass is 156 g/mol. The van der Waals surface area contributed by atoms with E-state index in [0.29, 0.717) is 0 Å². The highest BCUT2D eigenvalue weighted by atomic mass is 14.7. The van der Waals surface area contributed by atoms with Crippen molar-refractivity contribution in [1.29, 1.82) is 0 Å². The second kappa shape index (κ2) is 2.38. The Hall–Kier alpha value is -1.75. The molecule has 0 bridgehead atoms. The third-order valence-corrected chi connectivity index (χ3v) is 1.99. The zero-order valence-corrected chi connectivity index (χ0v) is 6.76. The Bertz CT molecular complexity index is 460. The van der Waals surface area contributed by atoms with Crippen LogP contribution in [-0.4, -0.2) is 4.98 Å². The predicted molar refractivity (Wildman–Crippen MR) is 49.3 cm³/mol. The van der Waals surface area contributed by atoms with Crippen molar-refractivity contribution in [2.75, 3.05) is 0 Å². The minimum absolute atomic E-state index is 0.738. The summed E-state index contributed by atoms with van der Waals surface area (Å²) in [6, 6.07) is 5.89. The van der Waals surface area contributed by atoms with Gasteiger partial charge in [-0.25, -0.2) is 4.85 Å². The lowest BCUT2D eigenvalue weighted by atomic mass is 10.1. The van der Waals surface area contributed by atoms with Gasteiger partial charge in [0.15, 0.2) is 5.69 Å². The molecule has 0 aliphatic carbocycles. The molecule has 0 aliphatic heterocycles. The quantitative estimate of drug-likeness (QED) is 0.566. The molecule has 0 amide bonds. The number of benzene rings is 1. The largest absolute Gasteiger partial charge is 0.361 e. The number of nitrogens with zero attached hydrogens (tertiary/aromatic N) is 1. The van der Waals surface area contributed by atoms with Gasteiger partial charge < -0.3 is 4.98 Å². The normalized spacial score (nSPS) is 10.0. The van der Waals surface area contributed by atoms with Gasteiger partial charge in [0.2, 0.25) is 0 Å². The summed E-state index contributed by atoms with van der Waals surface area (Å²) in [4.78, 5) is 6.54. The number of aromatic amines is 1. The number of hydrogen-bond acceptors (Lipinski definition) is 0. The average Bonchev–Trinajstić information content (AvgIpc) is 2.49. The van der Waals surface area contributed by atoms with Gasteiger partial charge in [0.25, 0.3) is 0 Å². The first kappa shape index (κ1) is 6.93. The van der Waals surface area contributed by atoms with Crippen LogP contribution < -0.4 is 0 Å². The van der Waals surface area contributed by atoms with Crippen LogP contribution in [0, 0.1) is 13.5 Å². The maximum Gasteiger partial charge on any atom is 0.190 e. The molecule has 0 radical (unpaired) electrons. The molecule has 12 heavy (non-hydrogen) atoms. The van der Waals surface area contributed by atoms with E-state index in [-0.39, 0.29) is 0 Å². The maximum absolute atomic E-state index is 6.93. The SMILES string of the molecule is [C-]#[N+]c1cc2cc[nH]c2cc1C. The van der Waals surface area contributed by atoms with E-state index in [0.717, 1.165) is 22.2 Å². The van der Waals surface area contributed by atoms with E-state index in [4.69, 9.17) is 6.57 Å². The van der Waals surface area contributed by atoms with Crippen molar-refractivity contribution in [2.24, 2.45) is 0 Å². The molecule has 0 saturated heterocycles. The molecule has 0 fully saturated rings. The fourth-order valence-corrected chi connectivity index (χ4v) is 1.32. The van der Waals surface area contributed by atoms with Crippen molar-refractivity contribution < 1.29 is 0 Å². The molecular formula is C10H8N2. The molecule has 58 valence electrons. The first-order valence-electron chi connectivity index (χ1n) is 3.76. The molecule has 0 atom stereocenters. The number of rotatable bonds is 0. The standard InChI is InChI=1S/C10H8N2/c1-7-5-10-8(3-4-12-10)6-9(7)11-2/h3-6,12H,1H3. The predicted octanol–water partition coefficient (Wildman–Crippen LogP) is 3.03. The zero-order chi connectivity index (χ0) is 8.55. The summed E-state index contributed by atoms with van der Waals surface area (Å²) < 4.78 is 0. The summed E-state index contributed by atoms with van der Waals surface area (Å²) >= 11 is 0. The van der Waals surface area contributed by atoms with Crippen molar-refractivity contribution in [2.45, 2.75) is 6.92 Å². The van der Waals surface area contributed by atoms with Gasteiger partial charge in [-0.15, -0.1) is 0 Å². The zero-order valence-electron chi connectivity index (χ0n) is 6.76. The molecule has 1 N–H and O–H groups in total. The van der Waals surface area contributed by atoms with E-state index < -0.39 is 0 Å². The molecule has 2 rings (SSSR count). The second-order valence-corrected chi connectivity index (χ2v) is 2.82. The summed E-state index contributed by atoms with van der Waals surface area (Å²) in [5.41, 5.74) is 2.86. The number of nitrogens with one attached hydrogen (secondary N) is 1. The van der Waals surface area contributed by atoms with E-state index in [1.54, 1.807) is 0 Å². The fourth-order valence-electron chi connectivity index (χ4n) is 1.32. The first-order valence-corrected chi connectivity index (χ1v) is 3.76. The molecule has 1 heterocycles. The van der Waals surface area contributed by atoms with Crippen molar-refractivity contribution in [3.8, 4) is 0 Å². The number of H-pyrrole nitrogens is 1. The number of aryl methyl sites for hydroxylation is 1. The van der Waals surface area contributed by atoms with E-state index in [1.165, 1.54) is 0 Å². The Balaban J connectivity index is 2.84. The average molecular weight is 156 g/mol. The van der Waals surface area contributed by atoms with Crippen LogP contribution in [0.1, 0.15) is 5.56 Å². The van der Waals surface area contributed by atoms with Gasteiger partial charge in [0.05, 0.1) is 6.57 Å². The van der Waals surface area contributed by atoms with Crippen LogP contribution >= 0.6 is 0 Å². The smallest absolute Gasteiger partial charge is 0.190 e. The van der Waals surface area contributed by atoms with Gasteiger partial charge >= 0.3 is 0 Å². The maximum atomic E-state index is 6.93. The lowest BCUT2D eigenvalue weighted by Crippen LogP contribution is -1.73. The number of hydrogen-bond donors (Lipinski definition) is 1. The van der Waals surface area contributed by atoms with Crippen LogP contribution in [0.4, 0.5) is 5.69 Å². The molecule has 0 aliphatic rings. The van der Waals surface area contributed by atoms with Crippen LogP contribution in [-0.2, 0) is 0 Å². The third kappa shape index (κ3) is 0.876. The van der Waals surface area contributed by atoms with E-state index in [9.17, 15) is 0 Å². The first-order chi connectivity index (χ1) is 5.81. The molecule has 1 aromatic heterocycles. The summed E-state index contributed by atoms with van der Waals surface area (Å²) in [7, 11) is 0. The van der Waals surface area contributed by atoms with Crippen LogP contribution in [0.25, 0.3) is 15.7 Å². The van der Waals surface area contributed by atoms with Crippen molar-refractivity contribution in [1.82, 2.24) is 4.98 Å². The highest BCUT2D eigenvalue weighted by Gasteiger charge is 2.00. The minimum Gasteiger partial charge on any atom is -0.361 e. The summed E-state index contributed by atoms with van der Waals surface area (Å²) in [6.07, 6.45) is 1.89. The molecule has 2 aromatic rings.